The van der Waals surface area contributed by atoms with Crippen molar-refractivity contribution in [2.75, 3.05) is 12.4 Å². The molecular weight excluding hydrogens is 247 g/mol. The first-order valence-electron chi connectivity index (χ1n) is 4.15. The largest absolute Gasteiger partial charge is 0.373 e. The molecule has 2 rings (SSSR count). The molecule has 0 saturated carbocycles. The second-order valence-electron chi connectivity index (χ2n) is 2.87. The highest BCUT2D eigenvalue weighted by atomic mass is 79.9. The molecule has 0 bridgehead atoms. The van der Waals surface area contributed by atoms with Crippen LogP contribution in [-0.4, -0.2) is 12.0 Å². The van der Waals surface area contributed by atoms with Gasteiger partial charge >= 0.3 is 0 Å². The lowest BCUT2D eigenvalue weighted by Crippen LogP contribution is -1.93. The van der Waals surface area contributed by atoms with Crippen molar-refractivity contribution in [3.8, 4) is 0 Å². The molecule has 0 aliphatic heterocycles. The SMILES string of the molecule is CNc1ccc2c(Br)ccc(F)c2n1. The zero-order chi connectivity index (χ0) is 10.1. The van der Waals surface area contributed by atoms with Gasteiger partial charge in [-0.25, -0.2) is 9.37 Å². The molecule has 0 saturated heterocycles. The Hall–Kier alpha value is -1.16. The van der Waals surface area contributed by atoms with Crippen LogP contribution in [0.25, 0.3) is 10.9 Å². The lowest BCUT2D eigenvalue weighted by Gasteiger charge is -2.04. The number of benzene rings is 1. The average Bonchev–Trinajstić information content (AvgIpc) is 2.23. The number of rotatable bonds is 1. The van der Waals surface area contributed by atoms with E-state index in [9.17, 15) is 4.39 Å². The van der Waals surface area contributed by atoms with E-state index in [0.717, 1.165) is 9.86 Å². The van der Waals surface area contributed by atoms with Gasteiger partial charge in [-0.15, -0.1) is 0 Å². The Balaban J connectivity index is 2.80. The van der Waals surface area contributed by atoms with Crippen molar-refractivity contribution in [1.29, 1.82) is 0 Å². The fourth-order valence-electron chi connectivity index (χ4n) is 1.29. The molecule has 1 heterocycles. The van der Waals surface area contributed by atoms with Gasteiger partial charge in [0, 0.05) is 16.9 Å². The maximum absolute atomic E-state index is 13.4. The monoisotopic (exact) mass is 254 g/mol. The Morgan fingerprint density at radius 1 is 1.29 bits per heavy atom. The predicted octanol–water partition coefficient (Wildman–Crippen LogP) is 3.18. The van der Waals surface area contributed by atoms with Crippen LogP contribution in [0.5, 0.6) is 0 Å². The van der Waals surface area contributed by atoms with Crippen molar-refractivity contribution < 1.29 is 4.39 Å². The molecule has 72 valence electrons. The van der Waals surface area contributed by atoms with Crippen LogP contribution < -0.4 is 5.32 Å². The van der Waals surface area contributed by atoms with Gasteiger partial charge in [0.1, 0.15) is 17.2 Å². The first-order chi connectivity index (χ1) is 6.72. The van der Waals surface area contributed by atoms with Crippen LogP contribution in [0.15, 0.2) is 28.7 Å². The van der Waals surface area contributed by atoms with Crippen LogP contribution in [0.2, 0.25) is 0 Å². The van der Waals surface area contributed by atoms with E-state index in [-0.39, 0.29) is 5.82 Å². The van der Waals surface area contributed by atoms with E-state index in [4.69, 9.17) is 0 Å². The molecule has 1 aromatic carbocycles. The smallest absolute Gasteiger partial charge is 0.149 e. The summed E-state index contributed by atoms with van der Waals surface area (Å²) in [6, 6.07) is 6.73. The van der Waals surface area contributed by atoms with Gasteiger partial charge < -0.3 is 5.32 Å². The van der Waals surface area contributed by atoms with E-state index < -0.39 is 0 Å². The van der Waals surface area contributed by atoms with Gasteiger partial charge in [0.15, 0.2) is 0 Å². The lowest BCUT2D eigenvalue weighted by atomic mass is 10.2. The summed E-state index contributed by atoms with van der Waals surface area (Å²) in [7, 11) is 1.75. The highest BCUT2D eigenvalue weighted by Crippen LogP contribution is 2.25. The van der Waals surface area contributed by atoms with Crippen LogP contribution in [0.1, 0.15) is 0 Å². The Bertz CT molecular complexity index is 485. The van der Waals surface area contributed by atoms with Gasteiger partial charge in [-0.3, -0.25) is 0 Å². The Kier molecular flexibility index (Phi) is 2.37. The van der Waals surface area contributed by atoms with Gasteiger partial charge in [-0.05, 0) is 24.3 Å². The number of anilines is 1. The van der Waals surface area contributed by atoms with E-state index >= 15 is 0 Å². The second-order valence-corrected chi connectivity index (χ2v) is 3.73. The highest BCUT2D eigenvalue weighted by molar-refractivity contribution is 9.10. The maximum Gasteiger partial charge on any atom is 0.149 e. The van der Waals surface area contributed by atoms with Gasteiger partial charge in [-0.1, -0.05) is 15.9 Å². The normalized spacial score (nSPS) is 10.5. The van der Waals surface area contributed by atoms with Crippen molar-refractivity contribution in [3.05, 3.63) is 34.6 Å². The summed E-state index contributed by atoms with van der Waals surface area (Å²) in [4.78, 5) is 4.14. The molecule has 14 heavy (non-hydrogen) atoms. The summed E-state index contributed by atoms with van der Waals surface area (Å²) in [5.41, 5.74) is 0.381. The van der Waals surface area contributed by atoms with Crippen molar-refractivity contribution >= 4 is 32.7 Å². The summed E-state index contributed by atoms with van der Waals surface area (Å²) in [6.07, 6.45) is 0. The Morgan fingerprint density at radius 2 is 2.07 bits per heavy atom. The fourth-order valence-corrected chi connectivity index (χ4v) is 1.74. The first-order valence-corrected chi connectivity index (χ1v) is 4.94. The molecule has 2 nitrogen and oxygen atoms in total. The predicted molar refractivity (Wildman–Crippen MR) is 58.9 cm³/mol. The summed E-state index contributed by atoms with van der Waals surface area (Å²) in [6.45, 7) is 0. The van der Waals surface area contributed by atoms with Crippen molar-refractivity contribution in [1.82, 2.24) is 4.98 Å². The van der Waals surface area contributed by atoms with Crippen molar-refractivity contribution in [2.24, 2.45) is 0 Å². The van der Waals surface area contributed by atoms with Crippen molar-refractivity contribution in [3.63, 3.8) is 0 Å². The number of hydrogen-bond acceptors (Lipinski definition) is 2. The molecule has 0 unspecified atom stereocenters. The molecule has 0 spiro atoms. The molecular formula is C10H8BrFN2. The summed E-state index contributed by atoms with van der Waals surface area (Å²) >= 11 is 3.35. The third-order valence-electron chi connectivity index (χ3n) is 2.01. The average molecular weight is 255 g/mol. The van der Waals surface area contributed by atoms with Gasteiger partial charge in [0.2, 0.25) is 0 Å². The van der Waals surface area contributed by atoms with Crippen LogP contribution >= 0.6 is 15.9 Å². The topological polar surface area (TPSA) is 24.9 Å². The third kappa shape index (κ3) is 1.46. The molecule has 0 fully saturated rings. The van der Waals surface area contributed by atoms with Crippen LogP contribution in [0.3, 0.4) is 0 Å². The van der Waals surface area contributed by atoms with E-state index in [1.165, 1.54) is 6.07 Å². The Labute approximate surface area is 89.3 Å². The van der Waals surface area contributed by atoms with Gasteiger partial charge in [-0.2, -0.15) is 0 Å². The lowest BCUT2D eigenvalue weighted by molar-refractivity contribution is 0.636. The zero-order valence-corrected chi connectivity index (χ0v) is 9.10. The quantitative estimate of drug-likeness (QED) is 0.846. The fraction of sp³-hybridized carbons (Fsp3) is 0.100. The minimum Gasteiger partial charge on any atom is -0.373 e. The van der Waals surface area contributed by atoms with E-state index in [1.54, 1.807) is 13.1 Å². The summed E-state index contributed by atoms with van der Waals surface area (Å²) < 4.78 is 14.2. The molecule has 2 aromatic rings. The minimum atomic E-state index is -0.305. The number of fused-ring (bicyclic) bond motifs is 1. The van der Waals surface area contributed by atoms with Gasteiger partial charge in [0.25, 0.3) is 0 Å². The number of hydrogen-bond donors (Lipinski definition) is 1. The van der Waals surface area contributed by atoms with Crippen LogP contribution in [0.4, 0.5) is 10.2 Å². The van der Waals surface area contributed by atoms with Crippen molar-refractivity contribution in [2.45, 2.75) is 0 Å². The molecule has 0 aliphatic carbocycles. The number of pyridine rings is 1. The van der Waals surface area contributed by atoms with E-state index in [2.05, 4.69) is 26.2 Å². The third-order valence-corrected chi connectivity index (χ3v) is 2.70. The van der Waals surface area contributed by atoms with Crippen LogP contribution in [0, 0.1) is 5.82 Å². The molecule has 0 aliphatic rings. The molecule has 0 amide bonds. The van der Waals surface area contributed by atoms with E-state index in [0.29, 0.717) is 11.3 Å². The number of nitrogens with one attached hydrogen (secondary N) is 1. The number of aromatic nitrogens is 1. The minimum absolute atomic E-state index is 0.305. The number of nitrogens with zero attached hydrogens (tertiary/aromatic N) is 1. The molecule has 1 N–H and O–H groups in total. The standard InChI is InChI=1S/C10H8BrFN2/c1-13-9-5-2-6-7(11)3-4-8(12)10(6)14-9/h2-5H,1H3,(H,13,14). The first kappa shape index (κ1) is 9.40. The molecule has 1 aromatic heterocycles. The second kappa shape index (κ2) is 3.53. The summed E-state index contributed by atoms with van der Waals surface area (Å²) in [5.74, 6) is 0.356. The molecule has 0 atom stereocenters. The zero-order valence-electron chi connectivity index (χ0n) is 7.51. The molecule has 0 radical (unpaired) electrons. The van der Waals surface area contributed by atoms with E-state index in [1.807, 2.05) is 12.1 Å². The highest BCUT2D eigenvalue weighted by Gasteiger charge is 2.05. The molecule has 4 heteroatoms. The maximum atomic E-state index is 13.4. The Morgan fingerprint density at radius 3 is 2.79 bits per heavy atom. The summed E-state index contributed by atoms with van der Waals surface area (Å²) in [5, 5.41) is 3.65. The number of halogens is 2. The van der Waals surface area contributed by atoms with Gasteiger partial charge in [0.05, 0.1) is 0 Å². The van der Waals surface area contributed by atoms with Crippen LogP contribution in [-0.2, 0) is 0 Å².